The first-order valence-corrected chi connectivity index (χ1v) is 4.32. The molecule has 0 fully saturated rings. The van der Waals surface area contributed by atoms with E-state index in [9.17, 15) is 12.9 Å². The van der Waals surface area contributed by atoms with Gasteiger partial charge in [0.05, 0.1) is 0 Å². The van der Waals surface area contributed by atoms with E-state index in [1.807, 2.05) is 18.2 Å². The molecule has 0 spiro atoms. The molecule has 0 saturated carbocycles. The molecule has 0 heterocycles. The summed E-state index contributed by atoms with van der Waals surface area (Å²) in [5.41, 5.74) is 1.07. The maximum absolute atomic E-state index is 9.67. The Kier molecular flexibility index (Phi) is 8.23. The minimum atomic E-state index is -3.67. The average Bonchev–Trinajstić information content (AvgIpc) is 2.16. The van der Waals surface area contributed by atoms with Crippen LogP contribution >= 0.6 is 0 Å². The van der Waals surface area contributed by atoms with Gasteiger partial charge >= 0.3 is 58.9 Å². The molecule has 0 saturated heterocycles. The maximum atomic E-state index is 9.67. The van der Waals surface area contributed by atoms with Crippen molar-refractivity contribution in [2.75, 3.05) is 0 Å². The second-order valence-electron chi connectivity index (χ2n) is 2.93. The molecule has 0 N–H and O–H groups in total. The second-order valence-corrected chi connectivity index (χ2v) is 2.93. The molecule has 0 atom stereocenters. The summed E-state index contributed by atoms with van der Waals surface area (Å²) < 4.78 is 29.0. The Morgan fingerprint density at radius 3 is 1.94 bits per heavy atom. The molecule has 78 valence electrons. The van der Waals surface area contributed by atoms with Crippen LogP contribution in [0.15, 0.2) is 42.5 Å². The van der Waals surface area contributed by atoms with E-state index in [-0.39, 0.29) is 51.4 Å². The van der Waals surface area contributed by atoms with E-state index in [1.165, 1.54) is 10.8 Å². The Bertz CT molecular complexity index is 431. The monoisotopic (exact) mass is 248 g/mol. The van der Waals surface area contributed by atoms with Crippen molar-refractivity contribution in [3.05, 3.63) is 55.0 Å². The van der Waals surface area contributed by atoms with Gasteiger partial charge in [-0.3, -0.25) is 12.9 Å². The second kappa shape index (κ2) is 8.20. The van der Waals surface area contributed by atoms with Crippen LogP contribution in [0.4, 0.5) is 12.9 Å². The van der Waals surface area contributed by atoms with E-state index >= 15 is 0 Å². The number of hydrogen-bond acceptors (Lipinski definition) is 0. The molecule has 0 aliphatic carbocycles. The van der Waals surface area contributed by atoms with Crippen LogP contribution in [0.3, 0.4) is 0 Å². The molecule has 0 radical (unpaired) electrons. The van der Waals surface area contributed by atoms with Crippen molar-refractivity contribution >= 4 is 18.3 Å². The molecule has 5 heteroatoms. The van der Waals surface area contributed by atoms with Crippen molar-refractivity contribution in [1.82, 2.24) is 0 Å². The summed E-state index contributed by atoms with van der Waals surface area (Å²) >= 11 is 0. The van der Waals surface area contributed by atoms with Gasteiger partial charge in [-0.05, 0) is 5.39 Å². The topological polar surface area (TPSA) is 0 Å². The third-order valence-electron chi connectivity index (χ3n) is 1.81. The summed E-state index contributed by atoms with van der Waals surface area (Å²) in [5.74, 6) is 0. The van der Waals surface area contributed by atoms with Crippen LogP contribution in [0.2, 0.25) is 0 Å². The Labute approximate surface area is 136 Å². The molecule has 0 bridgehead atoms. The molecule has 16 heavy (non-hydrogen) atoms. The summed E-state index contributed by atoms with van der Waals surface area (Å²) in [6.07, 6.45) is 0. The van der Waals surface area contributed by atoms with Gasteiger partial charge in [0.25, 0.3) is 0 Å². The molecule has 2 rings (SSSR count). The summed E-state index contributed by atoms with van der Waals surface area (Å²) in [7, 11) is -3.67. The van der Waals surface area contributed by atoms with Crippen molar-refractivity contribution in [3.63, 3.8) is 0 Å². The first-order valence-electron chi connectivity index (χ1n) is 4.32. The number of benzene rings is 2. The summed E-state index contributed by atoms with van der Waals surface area (Å²) in [6, 6.07) is 14.5. The third kappa shape index (κ3) is 5.96. The standard InChI is InChI=1S/C11H9.BF3.K/c1-9-6-7-10-4-2-3-5-11(10)8-9;2-1(3)4;/h2-8H,1H2;;/q-1;;+1. The van der Waals surface area contributed by atoms with Gasteiger partial charge in [0.1, 0.15) is 0 Å². The first-order chi connectivity index (χ1) is 7.09. The minimum absolute atomic E-state index is 0. The number of fused-ring (bicyclic) bond motifs is 1. The fourth-order valence-corrected chi connectivity index (χ4v) is 1.24. The van der Waals surface area contributed by atoms with Crippen LogP contribution < -0.4 is 51.4 Å². The predicted octanol–water partition coefficient (Wildman–Crippen LogP) is 0.906. The van der Waals surface area contributed by atoms with Crippen LogP contribution in [-0.2, 0) is 0 Å². The van der Waals surface area contributed by atoms with Crippen LogP contribution in [0.5, 0.6) is 0 Å². The molecule has 2 aromatic carbocycles. The molecule has 0 nitrogen and oxygen atoms in total. The molecule has 0 aliphatic heterocycles. The fourth-order valence-electron chi connectivity index (χ4n) is 1.24. The first kappa shape index (κ1) is 16.1. The quantitative estimate of drug-likeness (QED) is 0.480. The van der Waals surface area contributed by atoms with Crippen LogP contribution in [-0.4, -0.2) is 7.54 Å². The van der Waals surface area contributed by atoms with Gasteiger partial charge in [-0.1, -0.05) is 29.7 Å². The summed E-state index contributed by atoms with van der Waals surface area (Å²) in [6.45, 7) is 3.87. The van der Waals surface area contributed by atoms with E-state index in [0.717, 1.165) is 5.56 Å². The summed E-state index contributed by atoms with van der Waals surface area (Å²) in [5, 5.41) is 2.54. The van der Waals surface area contributed by atoms with Gasteiger partial charge in [-0.2, -0.15) is 24.6 Å². The number of rotatable bonds is 0. The van der Waals surface area contributed by atoms with Gasteiger partial charge in [-0.15, -0.1) is 6.07 Å². The SMILES string of the molecule is FB(F)F.[CH2-]c1ccc2ccccc2c1.[K+]. The zero-order valence-electron chi connectivity index (χ0n) is 8.96. The Hall–Kier alpha value is 0.0613. The van der Waals surface area contributed by atoms with E-state index < -0.39 is 7.54 Å². The van der Waals surface area contributed by atoms with Crippen molar-refractivity contribution in [2.45, 2.75) is 0 Å². The van der Waals surface area contributed by atoms with E-state index in [2.05, 4.69) is 31.2 Å². The fraction of sp³-hybridized carbons (Fsp3) is 0. The van der Waals surface area contributed by atoms with Gasteiger partial charge in [0.2, 0.25) is 0 Å². The van der Waals surface area contributed by atoms with Gasteiger partial charge in [0.15, 0.2) is 0 Å². The normalized spacial score (nSPS) is 8.69. The smallest absolute Gasteiger partial charge is 0.254 e. The van der Waals surface area contributed by atoms with Gasteiger partial charge < -0.3 is 0 Å². The van der Waals surface area contributed by atoms with E-state index in [4.69, 9.17) is 0 Å². The summed E-state index contributed by atoms with van der Waals surface area (Å²) in [4.78, 5) is 0. The molecular weight excluding hydrogens is 239 g/mol. The molecular formula is C11H9BF3K. The van der Waals surface area contributed by atoms with E-state index in [0.29, 0.717) is 0 Å². The van der Waals surface area contributed by atoms with Crippen molar-refractivity contribution in [3.8, 4) is 0 Å². The minimum Gasteiger partial charge on any atom is -0.254 e. The maximum Gasteiger partial charge on any atom is 1.00 e. The third-order valence-corrected chi connectivity index (χ3v) is 1.81. The predicted molar refractivity (Wildman–Crippen MR) is 57.5 cm³/mol. The van der Waals surface area contributed by atoms with Crippen LogP contribution in [0, 0.1) is 6.92 Å². The Balaban J connectivity index is 0.000000397. The number of hydrogen-bond donors (Lipinski definition) is 0. The van der Waals surface area contributed by atoms with Crippen molar-refractivity contribution in [2.24, 2.45) is 0 Å². The van der Waals surface area contributed by atoms with Crippen molar-refractivity contribution in [1.29, 1.82) is 0 Å². The largest absolute Gasteiger partial charge is 1.00 e. The molecule has 0 unspecified atom stereocenters. The van der Waals surface area contributed by atoms with Gasteiger partial charge in [0, 0.05) is 0 Å². The van der Waals surface area contributed by atoms with Crippen molar-refractivity contribution < 1.29 is 64.3 Å². The Morgan fingerprint density at radius 2 is 1.38 bits per heavy atom. The molecule has 0 amide bonds. The number of halogens is 3. The van der Waals surface area contributed by atoms with E-state index in [1.54, 1.807) is 0 Å². The molecule has 0 aromatic heterocycles. The van der Waals surface area contributed by atoms with Crippen LogP contribution in [0.25, 0.3) is 10.8 Å². The molecule has 0 aliphatic rings. The van der Waals surface area contributed by atoms with Gasteiger partial charge in [-0.25, -0.2) is 0 Å². The molecule has 2 aromatic rings. The van der Waals surface area contributed by atoms with Crippen LogP contribution in [0.1, 0.15) is 5.56 Å². The zero-order valence-corrected chi connectivity index (χ0v) is 12.1. The zero-order chi connectivity index (χ0) is 11.3. The average molecular weight is 248 g/mol. The Morgan fingerprint density at radius 1 is 0.875 bits per heavy atom.